The summed E-state index contributed by atoms with van der Waals surface area (Å²) in [6.07, 6.45) is 2.61. The summed E-state index contributed by atoms with van der Waals surface area (Å²) in [6, 6.07) is 1.54. The van der Waals surface area contributed by atoms with E-state index in [-0.39, 0.29) is 11.7 Å². The number of ether oxygens (including phenoxy) is 2. The van der Waals surface area contributed by atoms with Crippen molar-refractivity contribution >= 4 is 0 Å². The molecule has 4 nitrogen and oxygen atoms in total. The van der Waals surface area contributed by atoms with Crippen molar-refractivity contribution in [1.29, 1.82) is 0 Å². The fraction of sp³-hybridized carbons (Fsp3) is 0.500. The lowest BCUT2D eigenvalue weighted by Crippen LogP contribution is -1.99. The SMILES string of the molecule is COc1cc(O)c(C2CCOC2)cn1. The third-order valence-electron chi connectivity index (χ3n) is 2.47. The van der Waals surface area contributed by atoms with Crippen molar-refractivity contribution in [2.75, 3.05) is 20.3 Å². The highest BCUT2D eigenvalue weighted by atomic mass is 16.5. The lowest BCUT2D eigenvalue weighted by molar-refractivity contribution is 0.193. The van der Waals surface area contributed by atoms with Crippen molar-refractivity contribution in [2.45, 2.75) is 12.3 Å². The highest BCUT2D eigenvalue weighted by Crippen LogP contribution is 2.32. The van der Waals surface area contributed by atoms with Crippen molar-refractivity contribution in [1.82, 2.24) is 4.98 Å². The summed E-state index contributed by atoms with van der Waals surface area (Å²) in [5, 5.41) is 9.71. The fourth-order valence-corrected chi connectivity index (χ4v) is 1.64. The van der Waals surface area contributed by atoms with Crippen molar-refractivity contribution < 1.29 is 14.6 Å². The number of aromatic hydroxyl groups is 1. The molecule has 0 radical (unpaired) electrons. The third kappa shape index (κ3) is 1.65. The molecule has 14 heavy (non-hydrogen) atoms. The Balaban J connectivity index is 2.25. The van der Waals surface area contributed by atoms with Gasteiger partial charge in [-0.3, -0.25) is 0 Å². The van der Waals surface area contributed by atoms with E-state index in [1.165, 1.54) is 13.2 Å². The first-order valence-corrected chi connectivity index (χ1v) is 4.62. The van der Waals surface area contributed by atoms with E-state index in [1.807, 2.05) is 0 Å². The van der Waals surface area contributed by atoms with E-state index in [2.05, 4.69) is 4.98 Å². The number of hydrogen-bond donors (Lipinski definition) is 1. The molecular weight excluding hydrogens is 182 g/mol. The van der Waals surface area contributed by atoms with E-state index >= 15 is 0 Å². The Morgan fingerprint density at radius 3 is 3.07 bits per heavy atom. The molecule has 1 aliphatic heterocycles. The molecule has 1 saturated heterocycles. The minimum absolute atomic E-state index is 0.243. The van der Waals surface area contributed by atoms with Gasteiger partial charge in [-0.1, -0.05) is 0 Å². The van der Waals surface area contributed by atoms with Gasteiger partial charge >= 0.3 is 0 Å². The Hall–Kier alpha value is -1.29. The molecule has 0 saturated carbocycles. The molecule has 4 heteroatoms. The predicted octanol–water partition coefficient (Wildman–Crippen LogP) is 1.30. The van der Waals surface area contributed by atoms with Crippen LogP contribution in [-0.4, -0.2) is 30.4 Å². The van der Waals surface area contributed by atoms with Crippen LogP contribution < -0.4 is 4.74 Å². The van der Waals surface area contributed by atoms with Gasteiger partial charge in [-0.2, -0.15) is 0 Å². The van der Waals surface area contributed by atoms with Crippen LogP contribution in [-0.2, 0) is 4.74 Å². The molecule has 1 aliphatic rings. The summed E-state index contributed by atoms with van der Waals surface area (Å²) in [5.41, 5.74) is 0.850. The number of pyridine rings is 1. The van der Waals surface area contributed by atoms with Gasteiger partial charge in [-0.25, -0.2) is 4.98 Å². The zero-order valence-electron chi connectivity index (χ0n) is 8.06. The summed E-state index contributed by atoms with van der Waals surface area (Å²) in [4.78, 5) is 4.06. The van der Waals surface area contributed by atoms with Crippen molar-refractivity contribution in [3.8, 4) is 11.6 Å². The van der Waals surface area contributed by atoms with E-state index in [0.29, 0.717) is 12.5 Å². The highest BCUT2D eigenvalue weighted by Gasteiger charge is 2.21. The van der Waals surface area contributed by atoms with E-state index in [9.17, 15) is 5.11 Å². The van der Waals surface area contributed by atoms with Crippen molar-refractivity contribution in [3.05, 3.63) is 17.8 Å². The van der Waals surface area contributed by atoms with Crippen LogP contribution in [0.4, 0.5) is 0 Å². The van der Waals surface area contributed by atoms with Gasteiger partial charge in [0.2, 0.25) is 5.88 Å². The predicted molar refractivity (Wildman–Crippen MR) is 50.6 cm³/mol. The molecule has 1 unspecified atom stereocenters. The number of aromatic nitrogens is 1. The second kappa shape index (κ2) is 3.84. The normalized spacial score (nSPS) is 21.1. The number of hydrogen-bond acceptors (Lipinski definition) is 4. The smallest absolute Gasteiger partial charge is 0.216 e. The molecule has 0 amide bonds. The third-order valence-corrected chi connectivity index (χ3v) is 2.47. The highest BCUT2D eigenvalue weighted by molar-refractivity contribution is 5.37. The lowest BCUT2D eigenvalue weighted by Gasteiger charge is -2.10. The number of nitrogens with zero attached hydrogens (tertiary/aromatic N) is 1. The molecular formula is C10H13NO3. The van der Waals surface area contributed by atoms with Crippen LogP contribution in [0.1, 0.15) is 17.9 Å². The summed E-state index contributed by atoms with van der Waals surface area (Å²) >= 11 is 0. The maximum atomic E-state index is 9.71. The maximum absolute atomic E-state index is 9.71. The Bertz CT molecular complexity index is 321. The van der Waals surface area contributed by atoms with E-state index in [1.54, 1.807) is 6.20 Å². The standard InChI is InChI=1S/C10H13NO3/c1-13-10-4-9(12)8(5-11-10)7-2-3-14-6-7/h4-5,7H,2-3,6H2,1H3,(H,11,12). The average molecular weight is 195 g/mol. The second-order valence-corrected chi connectivity index (χ2v) is 3.35. The van der Waals surface area contributed by atoms with Gasteiger partial charge < -0.3 is 14.6 Å². The molecule has 0 spiro atoms. The van der Waals surface area contributed by atoms with Crippen molar-refractivity contribution in [2.24, 2.45) is 0 Å². The number of rotatable bonds is 2. The molecule has 2 heterocycles. The molecule has 1 aromatic heterocycles. The van der Waals surface area contributed by atoms with Gasteiger partial charge in [0.25, 0.3) is 0 Å². The molecule has 76 valence electrons. The van der Waals surface area contributed by atoms with Crippen molar-refractivity contribution in [3.63, 3.8) is 0 Å². The van der Waals surface area contributed by atoms with Gasteiger partial charge in [-0.15, -0.1) is 0 Å². The minimum atomic E-state index is 0.243. The molecule has 1 fully saturated rings. The van der Waals surface area contributed by atoms with Crippen LogP contribution in [0.5, 0.6) is 11.6 Å². The largest absolute Gasteiger partial charge is 0.507 e. The zero-order valence-corrected chi connectivity index (χ0v) is 8.06. The van der Waals surface area contributed by atoms with E-state index in [4.69, 9.17) is 9.47 Å². The fourth-order valence-electron chi connectivity index (χ4n) is 1.64. The minimum Gasteiger partial charge on any atom is -0.507 e. The summed E-state index contributed by atoms with van der Waals surface area (Å²) in [7, 11) is 1.53. The molecule has 1 N–H and O–H groups in total. The zero-order chi connectivity index (χ0) is 9.97. The molecule has 1 aromatic rings. The molecule has 2 rings (SSSR count). The van der Waals surface area contributed by atoms with Crippen LogP contribution in [0.3, 0.4) is 0 Å². The monoisotopic (exact) mass is 195 g/mol. The maximum Gasteiger partial charge on any atom is 0.216 e. The Morgan fingerprint density at radius 2 is 2.50 bits per heavy atom. The van der Waals surface area contributed by atoms with Crippen LogP contribution in [0.25, 0.3) is 0 Å². The molecule has 0 aliphatic carbocycles. The topological polar surface area (TPSA) is 51.6 Å². The Kier molecular flexibility index (Phi) is 2.54. The first-order chi connectivity index (χ1) is 6.81. The first-order valence-electron chi connectivity index (χ1n) is 4.62. The Labute approximate surface area is 82.5 Å². The van der Waals surface area contributed by atoms with Crippen LogP contribution in [0.15, 0.2) is 12.3 Å². The first kappa shape index (κ1) is 9.27. The quantitative estimate of drug-likeness (QED) is 0.772. The van der Waals surface area contributed by atoms with Gasteiger partial charge in [0.1, 0.15) is 5.75 Å². The number of methoxy groups -OCH3 is 1. The van der Waals surface area contributed by atoms with Crippen LogP contribution in [0, 0.1) is 0 Å². The molecule has 1 atom stereocenters. The molecule has 0 aromatic carbocycles. The van der Waals surface area contributed by atoms with Gasteiger partial charge in [0.05, 0.1) is 13.7 Å². The van der Waals surface area contributed by atoms with Crippen LogP contribution >= 0.6 is 0 Å². The van der Waals surface area contributed by atoms with Crippen LogP contribution in [0.2, 0.25) is 0 Å². The lowest BCUT2D eigenvalue weighted by atomic mass is 10.00. The van der Waals surface area contributed by atoms with Gasteiger partial charge in [-0.05, 0) is 6.42 Å². The average Bonchev–Trinajstić information content (AvgIpc) is 2.70. The summed E-state index contributed by atoms with van der Waals surface area (Å²) in [6.45, 7) is 1.43. The summed E-state index contributed by atoms with van der Waals surface area (Å²) in [5.74, 6) is 0.950. The second-order valence-electron chi connectivity index (χ2n) is 3.35. The van der Waals surface area contributed by atoms with E-state index < -0.39 is 0 Å². The van der Waals surface area contributed by atoms with Gasteiger partial charge in [0, 0.05) is 30.4 Å². The Morgan fingerprint density at radius 1 is 1.64 bits per heavy atom. The van der Waals surface area contributed by atoms with Gasteiger partial charge in [0.15, 0.2) is 0 Å². The molecule has 0 bridgehead atoms. The van der Waals surface area contributed by atoms with E-state index in [0.717, 1.165) is 18.6 Å². The summed E-state index contributed by atoms with van der Waals surface area (Å²) < 4.78 is 10.2.